The Morgan fingerprint density at radius 2 is 2.19 bits per heavy atom. The van der Waals surface area contributed by atoms with E-state index in [0.717, 1.165) is 0 Å². The minimum Gasteiger partial charge on any atom is -0.394 e. The number of aliphatic hydroxyl groups is 2. The number of nitrogens with one attached hydrogen (secondary N) is 1. The molecule has 3 N–H and O–H groups in total. The molecule has 0 unspecified atom stereocenters. The fourth-order valence-corrected chi connectivity index (χ4v) is 2.11. The molecule has 0 aromatic heterocycles. The summed E-state index contributed by atoms with van der Waals surface area (Å²) in [7, 11) is 1.44. The van der Waals surface area contributed by atoms with Crippen LogP contribution in [0.1, 0.15) is 6.92 Å². The molecule has 0 bridgehead atoms. The molecule has 1 fully saturated rings. The van der Waals surface area contributed by atoms with Crippen LogP contribution in [0.3, 0.4) is 0 Å². The van der Waals surface area contributed by atoms with Crippen molar-refractivity contribution in [3.8, 4) is 0 Å². The molecule has 21 heavy (non-hydrogen) atoms. The van der Waals surface area contributed by atoms with E-state index in [2.05, 4.69) is 11.9 Å². The van der Waals surface area contributed by atoms with E-state index >= 15 is 0 Å². The number of carbonyl (C=O) groups excluding carboxylic acids is 1. The van der Waals surface area contributed by atoms with Gasteiger partial charge < -0.3 is 34.5 Å². The molecule has 0 aromatic rings. The Bertz CT molecular complexity index is 338. The Morgan fingerprint density at radius 1 is 1.48 bits per heavy atom. The van der Waals surface area contributed by atoms with Gasteiger partial charge in [0, 0.05) is 14.0 Å². The SMILES string of the molecule is C=CCO[C@@H]1O[C@H](CO)[C@@H](O)[C@H](OCOC)[C@H]1NC(C)=O. The first-order valence-electron chi connectivity index (χ1n) is 6.59. The van der Waals surface area contributed by atoms with Gasteiger partial charge in [0.05, 0.1) is 13.2 Å². The van der Waals surface area contributed by atoms with Gasteiger partial charge in [-0.1, -0.05) is 6.08 Å². The molecule has 8 heteroatoms. The van der Waals surface area contributed by atoms with Crippen molar-refractivity contribution in [2.75, 3.05) is 27.1 Å². The third-order valence-corrected chi connectivity index (χ3v) is 2.98. The molecule has 1 aliphatic heterocycles. The summed E-state index contributed by atoms with van der Waals surface area (Å²) in [4.78, 5) is 11.3. The Balaban J connectivity index is 2.91. The third kappa shape index (κ3) is 5.03. The number of hydrogen-bond acceptors (Lipinski definition) is 7. The molecule has 0 aliphatic carbocycles. The molecule has 0 spiro atoms. The van der Waals surface area contributed by atoms with E-state index < -0.39 is 37.3 Å². The predicted octanol–water partition coefficient (Wildman–Crippen LogP) is -1.24. The summed E-state index contributed by atoms with van der Waals surface area (Å²) >= 11 is 0. The van der Waals surface area contributed by atoms with Gasteiger partial charge >= 0.3 is 0 Å². The second-order valence-corrected chi connectivity index (χ2v) is 4.60. The minimum atomic E-state index is -1.13. The maximum atomic E-state index is 11.3. The second kappa shape index (κ2) is 9.08. The number of ether oxygens (including phenoxy) is 4. The van der Waals surface area contributed by atoms with Crippen LogP contribution in [0.25, 0.3) is 0 Å². The summed E-state index contributed by atoms with van der Waals surface area (Å²) in [6.45, 7) is 4.57. The standard InChI is InChI=1S/C13H23NO7/c1-4-5-19-13-10(14-8(2)16)12(20-7-18-3)11(17)9(6-15)21-13/h4,9-13,15,17H,1,5-7H2,2-3H3,(H,14,16)/t9-,10-,11-,12-,13-/m1/s1. The van der Waals surface area contributed by atoms with Gasteiger partial charge in [0.2, 0.25) is 5.91 Å². The van der Waals surface area contributed by atoms with Crippen LogP contribution in [0, 0.1) is 0 Å². The summed E-state index contributed by atoms with van der Waals surface area (Å²) in [6, 6.07) is -0.740. The average molecular weight is 305 g/mol. The Hall–Kier alpha value is -1.03. The van der Waals surface area contributed by atoms with E-state index in [1.165, 1.54) is 20.1 Å². The van der Waals surface area contributed by atoms with Crippen molar-refractivity contribution in [2.24, 2.45) is 0 Å². The molecule has 5 atom stereocenters. The lowest BCUT2D eigenvalue weighted by Crippen LogP contribution is -2.65. The normalized spacial score (nSPS) is 32.7. The Morgan fingerprint density at radius 3 is 2.71 bits per heavy atom. The molecule has 1 saturated heterocycles. The molecule has 1 heterocycles. The minimum absolute atomic E-state index is 0.0792. The topological polar surface area (TPSA) is 106 Å². The lowest BCUT2D eigenvalue weighted by Gasteiger charge is -2.43. The maximum Gasteiger partial charge on any atom is 0.217 e. The van der Waals surface area contributed by atoms with Gasteiger partial charge in [0.1, 0.15) is 31.1 Å². The van der Waals surface area contributed by atoms with Crippen molar-refractivity contribution in [3.63, 3.8) is 0 Å². The van der Waals surface area contributed by atoms with Gasteiger partial charge in [-0.25, -0.2) is 0 Å². The van der Waals surface area contributed by atoms with Crippen LogP contribution in [0.5, 0.6) is 0 Å². The molecule has 0 radical (unpaired) electrons. The number of methoxy groups -OCH3 is 1. The summed E-state index contributed by atoms with van der Waals surface area (Å²) < 4.78 is 21.1. The van der Waals surface area contributed by atoms with E-state index in [1.54, 1.807) is 0 Å². The Kier molecular flexibility index (Phi) is 7.79. The third-order valence-electron chi connectivity index (χ3n) is 2.98. The Labute approximate surface area is 123 Å². The van der Waals surface area contributed by atoms with Gasteiger partial charge in [-0.3, -0.25) is 4.79 Å². The average Bonchev–Trinajstić information content (AvgIpc) is 2.45. The van der Waals surface area contributed by atoms with E-state index in [-0.39, 0.29) is 19.3 Å². The van der Waals surface area contributed by atoms with Crippen LogP contribution < -0.4 is 5.32 Å². The van der Waals surface area contributed by atoms with Crippen molar-refractivity contribution >= 4 is 5.91 Å². The van der Waals surface area contributed by atoms with Crippen molar-refractivity contribution in [1.29, 1.82) is 0 Å². The first-order valence-corrected chi connectivity index (χ1v) is 6.59. The fraction of sp³-hybridized carbons (Fsp3) is 0.769. The molecule has 122 valence electrons. The zero-order valence-electron chi connectivity index (χ0n) is 12.2. The largest absolute Gasteiger partial charge is 0.394 e. The van der Waals surface area contributed by atoms with Gasteiger partial charge in [-0.05, 0) is 0 Å². The number of aliphatic hydroxyl groups excluding tert-OH is 2. The van der Waals surface area contributed by atoms with Crippen molar-refractivity contribution in [3.05, 3.63) is 12.7 Å². The molecule has 0 aromatic carbocycles. The highest BCUT2D eigenvalue weighted by Gasteiger charge is 2.46. The van der Waals surface area contributed by atoms with Gasteiger partial charge in [-0.2, -0.15) is 0 Å². The number of hydrogen-bond donors (Lipinski definition) is 3. The molecule has 0 saturated carbocycles. The molecular weight excluding hydrogens is 282 g/mol. The molecule has 1 aliphatic rings. The highest BCUT2D eigenvalue weighted by atomic mass is 16.7. The highest BCUT2D eigenvalue weighted by Crippen LogP contribution is 2.24. The van der Waals surface area contributed by atoms with Crippen LogP contribution in [-0.2, 0) is 23.7 Å². The lowest BCUT2D eigenvalue weighted by atomic mass is 9.96. The summed E-state index contributed by atoms with van der Waals surface area (Å²) in [6.07, 6.45) is -2.21. The first-order chi connectivity index (χ1) is 10.0. The van der Waals surface area contributed by atoms with Crippen LogP contribution in [0.2, 0.25) is 0 Å². The molecular formula is C13H23NO7. The number of amides is 1. The van der Waals surface area contributed by atoms with Gasteiger partial charge in [-0.15, -0.1) is 6.58 Å². The van der Waals surface area contributed by atoms with Crippen molar-refractivity contribution in [1.82, 2.24) is 5.32 Å². The van der Waals surface area contributed by atoms with Crippen LogP contribution in [0.15, 0.2) is 12.7 Å². The van der Waals surface area contributed by atoms with Crippen molar-refractivity contribution < 1.29 is 34.0 Å². The highest BCUT2D eigenvalue weighted by molar-refractivity contribution is 5.73. The van der Waals surface area contributed by atoms with E-state index in [1.807, 2.05) is 0 Å². The molecule has 8 nitrogen and oxygen atoms in total. The summed E-state index contributed by atoms with van der Waals surface area (Å²) in [5.74, 6) is -0.323. The fourth-order valence-electron chi connectivity index (χ4n) is 2.11. The number of carbonyl (C=O) groups is 1. The van der Waals surface area contributed by atoms with Gasteiger partial charge in [0.25, 0.3) is 0 Å². The first kappa shape index (κ1) is 18.0. The molecule has 1 amide bonds. The predicted molar refractivity (Wildman–Crippen MR) is 72.3 cm³/mol. The van der Waals surface area contributed by atoms with E-state index in [4.69, 9.17) is 18.9 Å². The van der Waals surface area contributed by atoms with Crippen LogP contribution in [0.4, 0.5) is 0 Å². The molecule has 1 rings (SSSR count). The second-order valence-electron chi connectivity index (χ2n) is 4.60. The quantitative estimate of drug-likeness (QED) is 0.380. The zero-order chi connectivity index (χ0) is 15.8. The van der Waals surface area contributed by atoms with E-state index in [9.17, 15) is 15.0 Å². The zero-order valence-corrected chi connectivity index (χ0v) is 12.2. The van der Waals surface area contributed by atoms with E-state index in [0.29, 0.717) is 0 Å². The smallest absolute Gasteiger partial charge is 0.217 e. The van der Waals surface area contributed by atoms with Gasteiger partial charge in [0.15, 0.2) is 6.29 Å². The summed E-state index contributed by atoms with van der Waals surface area (Å²) in [5, 5.41) is 22.1. The number of rotatable bonds is 8. The lowest BCUT2D eigenvalue weighted by molar-refractivity contribution is -0.282. The summed E-state index contributed by atoms with van der Waals surface area (Å²) in [5.41, 5.74) is 0. The maximum absolute atomic E-state index is 11.3. The van der Waals surface area contributed by atoms with Crippen molar-refractivity contribution in [2.45, 2.75) is 37.6 Å². The van der Waals surface area contributed by atoms with Crippen LogP contribution >= 0.6 is 0 Å². The van der Waals surface area contributed by atoms with Crippen LogP contribution in [-0.4, -0.2) is 73.9 Å². The monoisotopic (exact) mass is 305 g/mol.